The number of benzene rings is 3. The van der Waals surface area contributed by atoms with Gasteiger partial charge in [0.05, 0.1) is 5.56 Å². The van der Waals surface area contributed by atoms with Gasteiger partial charge in [-0.25, -0.2) is 8.78 Å². The number of anilines is 1. The zero-order valence-corrected chi connectivity index (χ0v) is 17.6. The van der Waals surface area contributed by atoms with Crippen molar-refractivity contribution >= 4 is 34.4 Å². The lowest BCUT2D eigenvalue weighted by molar-refractivity contribution is 0.0830. The summed E-state index contributed by atoms with van der Waals surface area (Å²) < 4.78 is 32.1. The summed E-state index contributed by atoms with van der Waals surface area (Å²) in [6.07, 6.45) is 0. The van der Waals surface area contributed by atoms with Crippen LogP contribution >= 0.6 is 0 Å². The van der Waals surface area contributed by atoms with Crippen LogP contribution in [0.25, 0.3) is 11.0 Å². The lowest BCUT2D eigenvalue weighted by Gasteiger charge is -2.10. The zero-order valence-electron chi connectivity index (χ0n) is 17.6. The molecule has 0 bridgehead atoms. The third kappa shape index (κ3) is 4.56. The largest absolute Gasteiger partial charge is 0.507 e. The highest BCUT2D eigenvalue weighted by Crippen LogP contribution is 2.25. The van der Waals surface area contributed by atoms with E-state index in [0.29, 0.717) is 17.2 Å². The maximum absolute atomic E-state index is 13.3. The van der Waals surface area contributed by atoms with Gasteiger partial charge in [0, 0.05) is 34.3 Å². The molecule has 3 amide bonds. The summed E-state index contributed by atoms with van der Waals surface area (Å²) in [5, 5.41) is 13.3. The summed E-state index contributed by atoms with van der Waals surface area (Å²) in [6.45, 7) is 1.71. The molecule has 4 rings (SSSR count). The van der Waals surface area contributed by atoms with E-state index in [1.165, 1.54) is 12.1 Å². The summed E-state index contributed by atoms with van der Waals surface area (Å²) in [5.74, 6) is -4.65. The molecule has 0 unspecified atom stereocenters. The molecule has 0 aliphatic rings. The molecule has 1 heterocycles. The standard InChI is InChI=1S/C24H17F2N3O5/c1-12-17-4-2-3-5-20(17)34-21(12)24(33)29-28-23(32)18-7-6-16(11-19(18)30)27-22(31)13-8-14(25)10-15(26)9-13/h2-11,30H,1H3,(H,27,31)(H,28,32)(H,29,33). The van der Waals surface area contributed by atoms with Crippen molar-refractivity contribution in [3.8, 4) is 5.75 Å². The normalized spacial score (nSPS) is 10.7. The smallest absolute Gasteiger partial charge is 0.305 e. The van der Waals surface area contributed by atoms with E-state index in [-0.39, 0.29) is 22.6 Å². The van der Waals surface area contributed by atoms with Crippen molar-refractivity contribution < 1.29 is 32.7 Å². The Labute approximate surface area is 191 Å². The molecule has 0 saturated heterocycles. The van der Waals surface area contributed by atoms with Crippen molar-refractivity contribution in [1.29, 1.82) is 0 Å². The number of halogens is 2. The third-order valence-corrected chi connectivity index (χ3v) is 4.96. The van der Waals surface area contributed by atoms with E-state index in [1.54, 1.807) is 31.2 Å². The van der Waals surface area contributed by atoms with Crippen LogP contribution in [0.4, 0.5) is 14.5 Å². The highest BCUT2D eigenvalue weighted by atomic mass is 19.1. The number of phenolic OH excluding ortho intramolecular Hbond substituents is 1. The Hall–Kier alpha value is -4.73. The number of phenols is 1. The fourth-order valence-corrected chi connectivity index (χ4v) is 3.32. The predicted octanol–water partition coefficient (Wildman–Crippen LogP) is 4.05. The van der Waals surface area contributed by atoms with E-state index in [1.807, 2.05) is 0 Å². The van der Waals surface area contributed by atoms with Crippen LogP contribution in [0.2, 0.25) is 0 Å². The van der Waals surface area contributed by atoms with Gasteiger partial charge in [-0.15, -0.1) is 0 Å². The van der Waals surface area contributed by atoms with Crippen molar-refractivity contribution in [1.82, 2.24) is 10.9 Å². The summed E-state index contributed by atoms with van der Waals surface area (Å²) in [5.41, 5.74) is 5.14. The molecule has 0 aliphatic heterocycles. The number of hydrazine groups is 1. The number of hydrogen-bond acceptors (Lipinski definition) is 5. The van der Waals surface area contributed by atoms with Crippen LogP contribution in [0.5, 0.6) is 5.75 Å². The van der Waals surface area contributed by atoms with Crippen LogP contribution in [-0.4, -0.2) is 22.8 Å². The van der Waals surface area contributed by atoms with Crippen molar-refractivity contribution in [2.75, 3.05) is 5.32 Å². The zero-order chi connectivity index (χ0) is 24.4. The molecule has 4 N–H and O–H groups in total. The minimum Gasteiger partial charge on any atom is -0.507 e. The van der Waals surface area contributed by atoms with Crippen molar-refractivity contribution in [3.63, 3.8) is 0 Å². The Balaban J connectivity index is 1.42. The molecule has 34 heavy (non-hydrogen) atoms. The van der Waals surface area contributed by atoms with Gasteiger partial charge in [-0.1, -0.05) is 18.2 Å². The molecule has 0 atom stereocenters. The average Bonchev–Trinajstić information content (AvgIpc) is 3.13. The quantitative estimate of drug-likeness (QED) is 0.339. The Kier molecular flexibility index (Phi) is 5.96. The van der Waals surface area contributed by atoms with Crippen LogP contribution in [0.15, 0.2) is 65.1 Å². The second-order valence-corrected chi connectivity index (χ2v) is 7.30. The number of hydrogen-bond donors (Lipinski definition) is 4. The van der Waals surface area contributed by atoms with Gasteiger partial charge in [-0.05, 0) is 37.3 Å². The van der Waals surface area contributed by atoms with Crippen molar-refractivity contribution in [2.45, 2.75) is 6.92 Å². The molecule has 3 aromatic carbocycles. The fourth-order valence-electron chi connectivity index (χ4n) is 3.32. The number of rotatable bonds is 4. The monoisotopic (exact) mass is 465 g/mol. The molecule has 1 aromatic heterocycles. The number of carbonyl (C=O) groups excluding carboxylic acids is 3. The average molecular weight is 465 g/mol. The number of aromatic hydroxyl groups is 1. The first kappa shape index (κ1) is 22.5. The van der Waals surface area contributed by atoms with Gasteiger partial charge >= 0.3 is 5.91 Å². The second kappa shape index (κ2) is 9.02. The molecule has 0 aliphatic carbocycles. The van der Waals surface area contributed by atoms with Crippen molar-refractivity contribution in [2.24, 2.45) is 0 Å². The maximum atomic E-state index is 13.3. The molecular weight excluding hydrogens is 448 g/mol. The van der Waals surface area contributed by atoms with Crippen LogP contribution in [-0.2, 0) is 0 Å². The summed E-state index contributed by atoms with van der Waals surface area (Å²) >= 11 is 0. The van der Waals surface area contributed by atoms with Gasteiger partial charge in [0.15, 0.2) is 5.76 Å². The van der Waals surface area contributed by atoms with E-state index in [9.17, 15) is 28.3 Å². The van der Waals surface area contributed by atoms with Crippen LogP contribution < -0.4 is 16.2 Å². The number of carbonyl (C=O) groups is 3. The molecule has 8 nitrogen and oxygen atoms in total. The number of aryl methyl sites for hydroxylation is 1. The molecule has 4 aromatic rings. The van der Waals surface area contributed by atoms with Crippen LogP contribution in [0.3, 0.4) is 0 Å². The summed E-state index contributed by atoms with van der Waals surface area (Å²) in [4.78, 5) is 37.0. The predicted molar refractivity (Wildman–Crippen MR) is 118 cm³/mol. The summed E-state index contributed by atoms with van der Waals surface area (Å²) in [7, 11) is 0. The van der Waals surface area contributed by atoms with E-state index < -0.39 is 35.1 Å². The molecule has 0 fully saturated rings. The van der Waals surface area contributed by atoms with Crippen molar-refractivity contribution in [3.05, 3.63) is 94.7 Å². The van der Waals surface area contributed by atoms with Gasteiger partial charge in [0.2, 0.25) is 0 Å². The topological polar surface area (TPSA) is 121 Å². The lowest BCUT2D eigenvalue weighted by atomic mass is 10.1. The first-order chi connectivity index (χ1) is 16.2. The molecule has 0 saturated carbocycles. The Bertz CT molecular complexity index is 1430. The first-order valence-corrected chi connectivity index (χ1v) is 9.92. The Morgan fingerprint density at radius 3 is 2.21 bits per heavy atom. The van der Waals surface area contributed by atoms with Gasteiger partial charge in [0.25, 0.3) is 11.8 Å². The Morgan fingerprint density at radius 1 is 0.853 bits per heavy atom. The molecule has 0 spiro atoms. The second-order valence-electron chi connectivity index (χ2n) is 7.30. The maximum Gasteiger partial charge on any atom is 0.305 e. The van der Waals surface area contributed by atoms with Crippen LogP contribution in [0.1, 0.15) is 36.8 Å². The molecule has 0 radical (unpaired) electrons. The number of amides is 3. The van der Waals surface area contributed by atoms with E-state index in [4.69, 9.17) is 4.42 Å². The van der Waals surface area contributed by atoms with Gasteiger partial charge in [0.1, 0.15) is 23.0 Å². The lowest BCUT2D eigenvalue weighted by Crippen LogP contribution is -2.41. The highest BCUT2D eigenvalue weighted by Gasteiger charge is 2.19. The van der Waals surface area contributed by atoms with E-state index >= 15 is 0 Å². The van der Waals surface area contributed by atoms with Crippen LogP contribution in [0, 0.1) is 18.6 Å². The molecule has 172 valence electrons. The summed E-state index contributed by atoms with van der Waals surface area (Å²) in [6, 6.07) is 13.0. The SMILES string of the molecule is Cc1c(C(=O)NNC(=O)c2ccc(NC(=O)c3cc(F)cc(F)c3)cc2O)oc2ccccc12. The van der Waals surface area contributed by atoms with Gasteiger partial charge < -0.3 is 14.8 Å². The number of para-hydroxylation sites is 1. The highest BCUT2D eigenvalue weighted by molar-refractivity contribution is 6.05. The number of nitrogens with one attached hydrogen (secondary N) is 3. The minimum atomic E-state index is -0.917. The molecule has 10 heteroatoms. The fraction of sp³-hybridized carbons (Fsp3) is 0.0417. The van der Waals surface area contributed by atoms with E-state index in [2.05, 4.69) is 16.2 Å². The van der Waals surface area contributed by atoms with Gasteiger partial charge in [-0.2, -0.15) is 0 Å². The molecular formula is C24H17F2N3O5. The Morgan fingerprint density at radius 2 is 1.53 bits per heavy atom. The first-order valence-electron chi connectivity index (χ1n) is 9.92. The number of fused-ring (bicyclic) bond motifs is 1. The van der Waals surface area contributed by atoms with E-state index in [0.717, 1.165) is 23.6 Å². The minimum absolute atomic E-state index is 0.0255. The third-order valence-electron chi connectivity index (χ3n) is 4.96. The number of furan rings is 1. The van der Waals surface area contributed by atoms with Gasteiger partial charge in [-0.3, -0.25) is 25.2 Å².